The first-order chi connectivity index (χ1) is 9.63. The van der Waals surface area contributed by atoms with Crippen molar-refractivity contribution in [1.29, 1.82) is 0 Å². The molecule has 0 saturated heterocycles. The van der Waals surface area contributed by atoms with Gasteiger partial charge in [0.05, 0.1) is 32.7 Å². The fraction of sp³-hybridized carbons (Fsp3) is 0.154. The van der Waals surface area contributed by atoms with Gasteiger partial charge in [-0.25, -0.2) is 4.98 Å². The van der Waals surface area contributed by atoms with Crippen LogP contribution in [0.25, 0.3) is 10.2 Å². The molecule has 20 heavy (non-hydrogen) atoms. The average molecular weight is 289 g/mol. The lowest BCUT2D eigenvalue weighted by molar-refractivity contribution is -0.383. The van der Waals surface area contributed by atoms with Crippen molar-refractivity contribution in [2.75, 3.05) is 5.32 Å². The molecule has 2 aromatic heterocycles. The van der Waals surface area contributed by atoms with E-state index in [2.05, 4.69) is 10.3 Å². The molecule has 102 valence electrons. The van der Waals surface area contributed by atoms with E-state index in [1.165, 1.54) is 11.3 Å². The van der Waals surface area contributed by atoms with E-state index in [0.29, 0.717) is 12.2 Å². The zero-order chi connectivity index (χ0) is 14.1. The number of fused-ring (bicyclic) bond motifs is 1. The Labute approximate surface area is 118 Å². The second-order valence-corrected chi connectivity index (χ2v) is 5.55. The van der Waals surface area contributed by atoms with Gasteiger partial charge in [-0.05, 0) is 19.1 Å². The summed E-state index contributed by atoms with van der Waals surface area (Å²) in [5, 5.41) is 15.1. The van der Waals surface area contributed by atoms with Crippen LogP contribution in [0.4, 0.5) is 11.4 Å². The van der Waals surface area contributed by atoms with Gasteiger partial charge in [0.1, 0.15) is 5.69 Å². The standard InChI is InChI=1S/C13H11N3O3S/c1-8-15-11-4-10(14-6-9-2-3-19-7-9)12(16(17)18)5-13(11)20-8/h2-5,7,14H,6H2,1H3. The predicted molar refractivity (Wildman–Crippen MR) is 77.0 cm³/mol. The second-order valence-electron chi connectivity index (χ2n) is 4.31. The molecule has 0 radical (unpaired) electrons. The molecule has 0 aliphatic heterocycles. The molecule has 0 saturated carbocycles. The molecule has 3 aromatic rings. The molecular weight excluding hydrogens is 278 g/mol. The van der Waals surface area contributed by atoms with Gasteiger partial charge in [-0.15, -0.1) is 11.3 Å². The van der Waals surface area contributed by atoms with Crippen LogP contribution in [0, 0.1) is 17.0 Å². The number of aromatic nitrogens is 1. The Hall–Kier alpha value is -2.41. The highest BCUT2D eigenvalue weighted by atomic mass is 32.1. The van der Waals surface area contributed by atoms with E-state index in [-0.39, 0.29) is 10.6 Å². The van der Waals surface area contributed by atoms with Gasteiger partial charge in [-0.1, -0.05) is 0 Å². The first-order valence-electron chi connectivity index (χ1n) is 5.94. The molecular formula is C13H11N3O3S. The molecule has 0 aliphatic carbocycles. The summed E-state index contributed by atoms with van der Waals surface area (Å²) in [5.41, 5.74) is 2.22. The monoisotopic (exact) mass is 289 g/mol. The first-order valence-corrected chi connectivity index (χ1v) is 6.75. The Morgan fingerprint density at radius 3 is 3.05 bits per heavy atom. The number of furan rings is 1. The van der Waals surface area contributed by atoms with Crippen LogP contribution < -0.4 is 5.32 Å². The number of thiazole rings is 1. The number of anilines is 1. The number of nitrogens with one attached hydrogen (secondary N) is 1. The van der Waals surface area contributed by atoms with Crippen molar-refractivity contribution < 1.29 is 9.34 Å². The third-order valence-corrected chi connectivity index (χ3v) is 3.81. The van der Waals surface area contributed by atoms with Crippen LogP contribution in [0.2, 0.25) is 0 Å². The fourth-order valence-electron chi connectivity index (χ4n) is 1.96. The molecule has 7 heteroatoms. The highest BCUT2D eigenvalue weighted by molar-refractivity contribution is 7.18. The molecule has 0 amide bonds. The molecule has 3 rings (SSSR count). The van der Waals surface area contributed by atoms with Crippen LogP contribution >= 0.6 is 11.3 Å². The largest absolute Gasteiger partial charge is 0.472 e. The highest BCUT2D eigenvalue weighted by Gasteiger charge is 2.17. The van der Waals surface area contributed by atoms with Crippen LogP contribution in [0.3, 0.4) is 0 Å². The number of nitro benzene ring substituents is 1. The van der Waals surface area contributed by atoms with E-state index in [1.807, 2.05) is 13.0 Å². The molecule has 1 aromatic carbocycles. The SMILES string of the molecule is Cc1nc2cc(NCc3ccoc3)c([N+](=O)[O-])cc2s1. The Kier molecular flexibility index (Phi) is 3.11. The number of hydrogen-bond acceptors (Lipinski definition) is 6. The topological polar surface area (TPSA) is 81.2 Å². The van der Waals surface area contributed by atoms with Crippen molar-refractivity contribution in [1.82, 2.24) is 4.98 Å². The lowest BCUT2D eigenvalue weighted by Gasteiger charge is -2.05. The maximum atomic E-state index is 11.2. The third-order valence-electron chi connectivity index (χ3n) is 2.87. The van der Waals surface area contributed by atoms with Crippen molar-refractivity contribution in [3.8, 4) is 0 Å². The van der Waals surface area contributed by atoms with Gasteiger partial charge in [0.2, 0.25) is 0 Å². The van der Waals surface area contributed by atoms with Crippen molar-refractivity contribution >= 4 is 32.9 Å². The lowest BCUT2D eigenvalue weighted by Crippen LogP contribution is -2.01. The fourth-order valence-corrected chi connectivity index (χ4v) is 2.80. The van der Waals surface area contributed by atoms with Gasteiger partial charge in [-0.3, -0.25) is 10.1 Å². The zero-order valence-corrected chi connectivity index (χ0v) is 11.4. The number of aryl methyl sites for hydroxylation is 1. The molecule has 2 heterocycles. The van der Waals surface area contributed by atoms with Gasteiger partial charge in [0.25, 0.3) is 5.69 Å². The number of benzene rings is 1. The van der Waals surface area contributed by atoms with Crippen molar-refractivity contribution in [3.63, 3.8) is 0 Å². The van der Waals surface area contributed by atoms with Crippen LogP contribution in [0.1, 0.15) is 10.6 Å². The summed E-state index contributed by atoms with van der Waals surface area (Å²) < 4.78 is 5.79. The van der Waals surface area contributed by atoms with E-state index < -0.39 is 0 Å². The number of nitro groups is 1. The third kappa shape index (κ3) is 2.35. The quantitative estimate of drug-likeness (QED) is 0.584. The Balaban J connectivity index is 1.98. The van der Waals surface area contributed by atoms with Crippen LogP contribution in [0.15, 0.2) is 35.1 Å². The van der Waals surface area contributed by atoms with Crippen molar-refractivity contribution in [3.05, 3.63) is 51.4 Å². The molecule has 6 nitrogen and oxygen atoms in total. The average Bonchev–Trinajstić information content (AvgIpc) is 3.02. The van der Waals surface area contributed by atoms with Crippen LogP contribution in [0.5, 0.6) is 0 Å². The molecule has 0 spiro atoms. The highest BCUT2D eigenvalue weighted by Crippen LogP contribution is 2.33. The molecule has 0 atom stereocenters. The maximum absolute atomic E-state index is 11.2. The van der Waals surface area contributed by atoms with Crippen LogP contribution in [-0.2, 0) is 6.54 Å². The molecule has 0 bridgehead atoms. The number of nitrogens with zero attached hydrogens (tertiary/aromatic N) is 2. The number of hydrogen-bond donors (Lipinski definition) is 1. The van der Waals surface area contributed by atoms with E-state index in [9.17, 15) is 10.1 Å². The van der Waals surface area contributed by atoms with Crippen LogP contribution in [-0.4, -0.2) is 9.91 Å². The molecule has 0 fully saturated rings. The summed E-state index contributed by atoms with van der Waals surface area (Å²) >= 11 is 1.45. The van der Waals surface area contributed by atoms with Crippen molar-refractivity contribution in [2.45, 2.75) is 13.5 Å². The summed E-state index contributed by atoms with van der Waals surface area (Å²) in [4.78, 5) is 15.1. The van der Waals surface area contributed by atoms with E-state index in [0.717, 1.165) is 20.8 Å². The van der Waals surface area contributed by atoms with Gasteiger partial charge < -0.3 is 9.73 Å². The lowest BCUT2D eigenvalue weighted by atomic mass is 10.2. The minimum Gasteiger partial charge on any atom is -0.472 e. The summed E-state index contributed by atoms with van der Waals surface area (Å²) in [6.07, 6.45) is 3.17. The van der Waals surface area contributed by atoms with Gasteiger partial charge in [-0.2, -0.15) is 0 Å². The number of rotatable bonds is 4. The van der Waals surface area contributed by atoms with Gasteiger partial charge in [0, 0.05) is 18.2 Å². The van der Waals surface area contributed by atoms with E-state index in [4.69, 9.17) is 4.42 Å². The Morgan fingerprint density at radius 1 is 1.50 bits per heavy atom. The molecule has 1 N–H and O–H groups in total. The minimum absolute atomic E-state index is 0.0599. The normalized spacial score (nSPS) is 10.8. The summed E-state index contributed by atoms with van der Waals surface area (Å²) in [6.45, 7) is 2.35. The Morgan fingerprint density at radius 2 is 2.35 bits per heavy atom. The summed E-state index contributed by atoms with van der Waals surface area (Å²) in [7, 11) is 0. The zero-order valence-electron chi connectivity index (χ0n) is 10.6. The second kappa shape index (κ2) is 4.93. The van der Waals surface area contributed by atoms with Gasteiger partial charge >= 0.3 is 0 Å². The van der Waals surface area contributed by atoms with E-state index >= 15 is 0 Å². The first kappa shape index (κ1) is 12.6. The minimum atomic E-state index is -0.383. The predicted octanol–water partition coefficient (Wildman–Crippen LogP) is 3.72. The smallest absolute Gasteiger partial charge is 0.293 e. The van der Waals surface area contributed by atoms with E-state index in [1.54, 1.807) is 24.7 Å². The Bertz CT molecular complexity index is 765. The molecule has 0 aliphatic rings. The van der Waals surface area contributed by atoms with Crippen molar-refractivity contribution in [2.24, 2.45) is 0 Å². The maximum Gasteiger partial charge on any atom is 0.293 e. The summed E-state index contributed by atoms with van der Waals surface area (Å²) in [6, 6.07) is 5.10. The summed E-state index contributed by atoms with van der Waals surface area (Å²) in [5.74, 6) is 0. The van der Waals surface area contributed by atoms with Gasteiger partial charge in [0.15, 0.2) is 0 Å². The molecule has 0 unspecified atom stereocenters.